The number of aliphatic carboxylic acids is 1. The number of rotatable bonds is 2. The summed E-state index contributed by atoms with van der Waals surface area (Å²) in [6.07, 6.45) is 1.72. The molecule has 1 fully saturated rings. The topological polar surface area (TPSA) is 57.5 Å². The normalized spacial score (nSPS) is 36.1. The summed E-state index contributed by atoms with van der Waals surface area (Å²) in [7, 11) is 0. The third kappa shape index (κ3) is 2.57. The van der Waals surface area contributed by atoms with E-state index >= 15 is 0 Å². The summed E-state index contributed by atoms with van der Waals surface area (Å²) in [4.78, 5) is 11.2. The fourth-order valence-corrected chi connectivity index (χ4v) is 3.24. The van der Waals surface area contributed by atoms with Gasteiger partial charge in [0.05, 0.1) is 12.0 Å². The Hall–Kier alpha value is -0.570. The third-order valence-electron chi connectivity index (χ3n) is 4.03. The molecule has 4 unspecified atom stereocenters. The van der Waals surface area contributed by atoms with E-state index in [4.69, 9.17) is 0 Å². The fourth-order valence-electron chi connectivity index (χ4n) is 3.24. The Kier molecular flexibility index (Phi) is 4.00. The molecule has 94 valence electrons. The van der Waals surface area contributed by atoms with Gasteiger partial charge in [-0.2, -0.15) is 0 Å². The summed E-state index contributed by atoms with van der Waals surface area (Å²) in [6, 6.07) is 0. The predicted octanol–water partition coefficient (Wildman–Crippen LogP) is 2.53. The minimum absolute atomic E-state index is 0.0984. The minimum atomic E-state index is -0.840. The molecular formula is C13H24O3. The van der Waals surface area contributed by atoms with Crippen molar-refractivity contribution in [3.8, 4) is 0 Å². The second-order valence-corrected chi connectivity index (χ2v) is 6.05. The first-order valence-electron chi connectivity index (χ1n) is 6.20. The molecule has 0 amide bonds. The van der Waals surface area contributed by atoms with Crippen molar-refractivity contribution in [2.75, 3.05) is 0 Å². The predicted molar refractivity (Wildman–Crippen MR) is 63.1 cm³/mol. The zero-order chi connectivity index (χ0) is 12.5. The highest BCUT2D eigenvalue weighted by molar-refractivity contribution is 5.71. The molecule has 1 saturated carbocycles. The van der Waals surface area contributed by atoms with Crippen LogP contribution in [0.4, 0.5) is 0 Å². The number of carboxylic acid groups (broad SMARTS) is 1. The Labute approximate surface area is 97.9 Å². The highest BCUT2D eigenvalue weighted by Crippen LogP contribution is 2.46. The average Bonchev–Trinajstić information content (AvgIpc) is 2.14. The summed E-state index contributed by atoms with van der Waals surface area (Å²) in [5.74, 6) is -0.931. The molecule has 0 aliphatic heterocycles. The van der Waals surface area contributed by atoms with Gasteiger partial charge in [-0.05, 0) is 30.1 Å². The van der Waals surface area contributed by atoms with Crippen LogP contribution in [0, 0.1) is 23.2 Å². The second kappa shape index (κ2) is 4.74. The summed E-state index contributed by atoms with van der Waals surface area (Å²) in [5.41, 5.74) is 0.120. The van der Waals surface area contributed by atoms with E-state index in [1.807, 2.05) is 6.92 Å². The van der Waals surface area contributed by atoms with E-state index < -0.39 is 18.0 Å². The van der Waals surface area contributed by atoms with E-state index in [0.29, 0.717) is 12.3 Å². The van der Waals surface area contributed by atoms with Gasteiger partial charge in [-0.15, -0.1) is 0 Å². The van der Waals surface area contributed by atoms with Gasteiger partial charge in [0.1, 0.15) is 0 Å². The maximum atomic E-state index is 11.2. The quantitative estimate of drug-likeness (QED) is 0.763. The van der Waals surface area contributed by atoms with Crippen LogP contribution >= 0.6 is 0 Å². The van der Waals surface area contributed by atoms with Crippen LogP contribution in [0.25, 0.3) is 0 Å². The molecule has 1 rings (SSSR count). The van der Waals surface area contributed by atoms with Gasteiger partial charge in [0.2, 0.25) is 0 Å². The molecule has 0 heterocycles. The molecule has 0 aromatic heterocycles. The molecule has 3 nitrogen and oxygen atoms in total. The van der Waals surface area contributed by atoms with Crippen molar-refractivity contribution in [1.82, 2.24) is 0 Å². The molecule has 4 atom stereocenters. The molecule has 0 aromatic rings. The Morgan fingerprint density at radius 1 is 1.31 bits per heavy atom. The highest BCUT2D eigenvalue weighted by atomic mass is 16.4. The first kappa shape index (κ1) is 13.5. The first-order chi connectivity index (χ1) is 7.29. The number of aliphatic hydroxyl groups is 1. The molecule has 0 bridgehead atoms. The van der Waals surface area contributed by atoms with E-state index in [1.165, 1.54) is 0 Å². The van der Waals surface area contributed by atoms with Gasteiger partial charge in [0.25, 0.3) is 0 Å². The van der Waals surface area contributed by atoms with Crippen LogP contribution in [-0.2, 0) is 4.79 Å². The van der Waals surface area contributed by atoms with Crippen LogP contribution in [0.3, 0.4) is 0 Å². The monoisotopic (exact) mass is 228 g/mol. The molecule has 1 aliphatic rings. The molecule has 1 aliphatic carbocycles. The third-order valence-corrected chi connectivity index (χ3v) is 4.03. The lowest BCUT2D eigenvalue weighted by atomic mass is 9.61. The van der Waals surface area contributed by atoms with Crippen molar-refractivity contribution in [1.29, 1.82) is 0 Å². The lowest BCUT2D eigenvalue weighted by Gasteiger charge is -2.45. The van der Waals surface area contributed by atoms with E-state index in [0.717, 1.165) is 12.8 Å². The fraction of sp³-hybridized carbons (Fsp3) is 0.923. The first-order valence-corrected chi connectivity index (χ1v) is 6.20. The molecule has 0 radical (unpaired) electrons. The molecule has 16 heavy (non-hydrogen) atoms. The molecule has 0 spiro atoms. The van der Waals surface area contributed by atoms with Crippen LogP contribution < -0.4 is 0 Å². The van der Waals surface area contributed by atoms with Crippen LogP contribution in [-0.4, -0.2) is 22.3 Å². The van der Waals surface area contributed by atoms with Crippen molar-refractivity contribution in [2.24, 2.45) is 23.2 Å². The number of aliphatic hydroxyl groups excluding tert-OH is 1. The zero-order valence-corrected chi connectivity index (χ0v) is 10.7. The number of hydrogen-bond donors (Lipinski definition) is 2. The number of hydrogen-bond acceptors (Lipinski definition) is 2. The van der Waals surface area contributed by atoms with Gasteiger partial charge in [0, 0.05) is 0 Å². The Morgan fingerprint density at radius 2 is 1.88 bits per heavy atom. The lowest BCUT2D eigenvalue weighted by molar-refractivity contribution is -0.155. The maximum Gasteiger partial charge on any atom is 0.309 e. The second-order valence-electron chi connectivity index (χ2n) is 6.05. The lowest BCUT2D eigenvalue weighted by Crippen LogP contribution is -2.46. The van der Waals surface area contributed by atoms with Gasteiger partial charge in [-0.25, -0.2) is 0 Å². The minimum Gasteiger partial charge on any atom is -0.481 e. The zero-order valence-electron chi connectivity index (χ0n) is 10.7. The maximum absolute atomic E-state index is 11.2. The summed E-state index contributed by atoms with van der Waals surface area (Å²) in [6.45, 7) is 8.52. The van der Waals surface area contributed by atoms with E-state index in [9.17, 15) is 15.0 Å². The van der Waals surface area contributed by atoms with E-state index in [-0.39, 0.29) is 11.3 Å². The van der Waals surface area contributed by atoms with Gasteiger partial charge in [-0.1, -0.05) is 34.1 Å². The van der Waals surface area contributed by atoms with Crippen LogP contribution in [0.2, 0.25) is 0 Å². The van der Waals surface area contributed by atoms with Crippen LogP contribution in [0.1, 0.15) is 47.0 Å². The molecular weight excluding hydrogens is 204 g/mol. The van der Waals surface area contributed by atoms with E-state index in [2.05, 4.69) is 20.8 Å². The number of carboxylic acids is 1. The Balaban J connectivity index is 2.95. The van der Waals surface area contributed by atoms with Gasteiger partial charge >= 0.3 is 5.97 Å². The van der Waals surface area contributed by atoms with Crippen molar-refractivity contribution in [3.05, 3.63) is 0 Å². The van der Waals surface area contributed by atoms with Gasteiger partial charge in [0.15, 0.2) is 0 Å². The molecule has 2 N–H and O–H groups in total. The molecule has 0 saturated heterocycles. The number of carbonyl (C=O) groups is 1. The average molecular weight is 228 g/mol. The van der Waals surface area contributed by atoms with Gasteiger partial charge in [-0.3, -0.25) is 4.79 Å². The molecule has 0 aromatic carbocycles. The highest BCUT2D eigenvalue weighted by Gasteiger charge is 2.45. The van der Waals surface area contributed by atoms with Crippen LogP contribution in [0.5, 0.6) is 0 Å². The summed E-state index contributed by atoms with van der Waals surface area (Å²) in [5, 5.41) is 19.1. The largest absolute Gasteiger partial charge is 0.481 e. The smallest absolute Gasteiger partial charge is 0.309 e. The molecule has 3 heteroatoms. The van der Waals surface area contributed by atoms with Gasteiger partial charge < -0.3 is 10.2 Å². The Morgan fingerprint density at radius 3 is 2.25 bits per heavy atom. The standard InChI is InChI=1S/C13H24O3/c1-5-8-9(13(2,3)4)6-7-10(14)11(8)12(15)16/h8-11,14H,5-7H2,1-4H3,(H,15,16). The summed E-state index contributed by atoms with van der Waals surface area (Å²) < 4.78 is 0. The Bertz CT molecular complexity index is 254. The van der Waals surface area contributed by atoms with Crippen molar-refractivity contribution >= 4 is 5.97 Å². The van der Waals surface area contributed by atoms with Crippen molar-refractivity contribution in [2.45, 2.75) is 53.1 Å². The summed E-state index contributed by atoms with van der Waals surface area (Å²) >= 11 is 0. The van der Waals surface area contributed by atoms with E-state index in [1.54, 1.807) is 0 Å². The van der Waals surface area contributed by atoms with Crippen molar-refractivity contribution < 1.29 is 15.0 Å². The SMILES string of the molecule is CCC1C(C(=O)O)C(O)CCC1C(C)(C)C. The van der Waals surface area contributed by atoms with Crippen molar-refractivity contribution in [3.63, 3.8) is 0 Å². The van der Waals surface area contributed by atoms with Crippen LogP contribution in [0.15, 0.2) is 0 Å².